The maximum absolute atomic E-state index is 12.2. The van der Waals surface area contributed by atoms with Crippen LogP contribution in [0, 0.1) is 12.8 Å². The Morgan fingerprint density at radius 3 is 2.71 bits per heavy atom. The molecule has 1 fully saturated rings. The number of ketones is 1. The number of rotatable bonds is 3. The van der Waals surface area contributed by atoms with Crippen LogP contribution in [0.1, 0.15) is 24.0 Å². The van der Waals surface area contributed by atoms with Crippen molar-refractivity contribution in [3.63, 3.8) is 0 Å². The monoisotopic (exact) mass is 231 g/mol. The first-order chi connectivity index (χ1) is 8.15. The van der Waals surface area contributed by atoms with Crippen molar-refractivity contribution in [3.8, 4) is 0 Å². The number of carbonyl (C=O) groups excluding carboxylic acids is 1. The Morgan fingerprint density at radius 1 is 1.35 bits per heavy atom. The van der Waals surface area contributed by atoms with Gasteiger partial charge in [-0.2, -0.15) is 0 Å². The topological polar surface area (TPSA) is 20.3 Å². The summed E-state index contributed by atoms with van der Waals surface area (Å²) in [5.74, 6) is 0.704. The maximum atomic E-state index is 12.2. The number of hydrogen-bond donors (Lipinski definition) is 0. The lowest BCUT2D eigenvalue weighted by Crippen LogP contribution is -2.34. The molecule has 2 nitrogen and oxygen atoms in total. The summed E-state index contributed by atoms with van der Waals surface area (Å²) in [5.41, 5.74) is 2.40. The van der Waals surface area contributed by atoms with Crippen LogP contribution in [0.2, 0.25) is 0 Å². The van der Waals surface area contributed by atoms with Crippen molar-refractivity contribution in [2.75, 3.05) is 20.1 Å². The Labute approximate surface area is 104 Å². The van der Waals surface area contributed by atoms with E-state index in [1.165, 1.54) is 5.56 Å². The van der Waals surface area contributed by atoms with E-state index in [1.807, 2.05) is 6.07 Å². The fraction of sp³-hybridized carbons (Fsp3) is 0.533. The predicted octanol–water partition coefficient (Wildman–Crippen LogP) is 2.45. The molecular formula is C15H21NO. The molecule has 17 heavy (non-hydrogen) atoms. The van der Waals surface area contributed by atoms with Crippen LogP contribution in [-0.4, -0.2) is 30.8 Å². The second kappa shape index (κ2) is 5.46. The fourth-order valence-electron chi connectivity index (χ4n) is 2.50. The van der Waals surface area contributed by atoms with E-state index in [-0.39, 0.29) is 5.92 Å². The van der Waals surface area contributed by atoms with E-state index in [1.54, 1.807) is 0 Å². The standard InChI is InChI=1S/C15H21NO/c1-12-4-3-5-13(10-12)11-15(17)14-6-8-16(2)9-7-14/h3-5,10,14H,6-9,11H2,1-2H3. The van der Waals surface area contributed by atoms with Gasteiger partial charge in [0, 0.05) is 12.3 Å². The average molecular weight is 231 g/mol. The van der Waals surface area contributed by atoms with Crippen LogP contribution in [-0.2, 0) is 11.2 Å². The molecule has 1 aromatic rings. The summed E-state index contributed by atoms with van der Waals surface area (Å²) in [6.07, 6.45) is 2.67. The molecule has 0 spiro atoms. The van der Waals surface area contributed by atoms with Gasteiger partial charge in [0.1, 0.15) is 5.78 Å². The van der Waals surface area contributed by atoms with Crippen molar-refractivity contribution in [1.29, 1.82) is 0 Å². The normalized spacial score (nSPS) is 18.2. The van der Waals surface area contributed by atoms with E-state index in [0.29, 0.717) is 12.2 Å². The van der Waals surface area contributed by atoms with Crippen LogP contribution >= 0.6 is 0 Å². The van der Waals surface area contributed by atoms with E-state index < -0.39 is 0 Å². The first-order valence-corrected chi connectivity index (χ1v) is 6.42. The summed E-state index contributed by atoms with van der Waals surface area (Å²) < 4.78 is 0. The number of Topliss-reactive ketones (excluding diaryl/α,β-unsaturated/α-hetero) is 1. The lowest BCUT2D eigenvalue weighted by Gasteiger charge is -2.28. The number of likely N-dealkylation sites (tertiary alicyclic amines) is 1. The van der Waals surface area contributed by atoms with E-state index >= 15 is 0 Å². The third-order valence-electron chi connectivity index (χ3n) is 3.63. The highest BCUT2D eigenvalue weighted by Crippen LogP contribution is 2.19. The zero-order valence-corrected chi connectivity index (χ0v) is 10.8. The van der Waals surface area contributed by atoms with Gasteiger partial charge < -0.3 is 4.90 Å². The van der Waals surface area contributed by atoms with Crippen LogP contribution in [0.4, 0.5) is 0 Å². The molecule has 0 amide bonds. The summed E-state index contributed by atoms with van der Waals surface area (Å²) in [6, 6.07) is 8.28. The van der Waals surface area contributed by atoms with E-state index in [9.17, 15) is 4.79 Å². The summed E-state index contributed by atoms with van der Waals surface area (Å²) in [7, 11) is 2.13. The van der Waals surface area contributed by atoms with Crippen molar-refractivity contribution in [3.05, 3.63) is 35.4 Å². The number of nitrogens with zero attached hydrogens (tertiary/aromatic N) is 1. The molecule has 0 bridgehead atoms. The van der Waals surface area contributed by atoms with Gasteiger partial charge >= 0.3 is 0 Å². The van der Waals surface area contributed by atoms with Crippen molar-refractivity contribution >= 4 is 5.78 Å². The summed E-state index contributed by atoms with van der Waals surface area (Å²) in [4.78, 5) is 14.5. The van der Waals surface area contributed by atoms with Gasteiger partial charge in [0.2, 0.25) is 0 Å². The smallest absolute Gasteiger partial charge is 0.140 e. The lowest BCUT2D eigenvalue weighted by atomic mass is 9.89. The van der Waals surface area contributed by atoms with E-state index in [4.69, 9.17) is 0 Å². The van der Waals surface area contributed by atoms with Crippen molar-refractivity contribution in [2.24, 2.45) is 5.92 Å². The molecule has 0 aliphatic carbocycles. The molecule has 2 rings (SSSR count). The molecule has 92 valence electrons. The minimum absolute atomic E-state index is 0.284. The highest BCUT2D eigenvalue weighted by atomic mass is 16.1. The number of piperidine rings is 1. The van der Waals surface area contributed by atoms with E-state index in [2.05, 4.69) is 37.1 Å². The van der Waals surface area contributed by atoms with Crippen molar-refractivity contribution in [1.82, 2.24) is 4.90 Å². The molecule has 0 radical (unpaired) electrons. The van der Waals surface area contributed by atoms with Gasteiger partial charge in [-0.05, 0) is 45.5 Å². The fourth-order valence-corrected chi connectivity index (χ4v) is 2.50. The maximum Gasteiger partial charge on any atom is 0.140 e. The molecule has 1 saturated heterocycles. The van der Waals surface area contributed by atoms with Crippen LogP contribution in [0.5, 0.6) is 0 Å². The first kappa shape index (κ1) is 12.3. The van der Waals surface area contributed by atoms with Crippen LogP contribution in [0.3, 0.4) is 0 Å². The first-order valence-electron chi connectivity index (χ1n) is 6.42. The molecular weight excluding hydrogens is 210 g/mol. The zero-order valence-electron chi connectivity index (χ0n) is 10.8. The van der Waals surface area contributed by atoms with E-state index in [0.717, 1.165) is 31.5 Å². The van der Waals surface area contributed by atoms with Crippen LogP contribution in [0.25, 0.3) is 0 Å². The zero-order chi connectivity index (χ0) is 12.3. The van der Waals surface area contributed by atoms with Gasteiger partial charge in [-0.1, -0.05) is 29.8 Å². The minimum Gasteiger partial charge on any atom is -0.306 e. The largest absolute Gasteiger partial charge is 0.306 e. The number of carbonyl (C=O) groups is 1. The van der Waals surface area contributed by atoms with Gasteiger partial charge in [0.05, 0.1) is 0 Å². The van der Waals surface area contributed by atoms with Crippen molar-refractivity contribution < 1.29 is 4.79 Å². The molecule has 0 aromatic heterocycles. The number of benzene rings is 1. The van der Waals surface area contributed by atoms with Crippen molar-refractivity contribution in [2.45, 2.75) is 26.2 Å². The second-order valence-corrected chi connectivity index (χ2v) is 5.21. The minimum atomic E-state index is 0.284. The van der Waals surface area contributed by atoms with Crippen LogP contribution < -0.4 is 0 Å². The molecule has 1 aromatic carbocycles. The third-order valence-corrected chi connectivity index (χ3v) is 3.63. The molecule has 0 unspecified atom stereocenters. The Balaban J connectivity index is 1.93. The third kappa shape index (κ3) is 3.40. The van der Waals surface area contributed by atoms with Crippen LogP contribution in [0.15, 0.2) is 24.3 Å². The highest BCUT2D eigenvalue weighted by molar-refractivity contribution is 5.83. The quantitative estimate of drug-likeness (QED) is 0.796. The average Bonchev–Trinajstić information content (AvgIpc) is 2.29. The van der Waals surface area contributed by atoms with Gasteiger partial charge in [-0.3, -0.25) is 4.79 Å². The Hall–Kier alpha value is -1.15. The molecule has 0 N–H and O–H groups in total. The Bertz CT molecular complexity index is 392. The summed E-state index contributed by atoms with van der Waals surface area (Å²) >= 11 is 0. The van der Waals surface area contributed by atoms with Gasteiger partial charge in [0.15, 0.2) is 0 Å². The number of hydrogen-bond acceptors (Lipinski definition) is 2. The highest BCUT2D eigenvalue weighted by Gasteiger charge is 2.22. The molecule has 0 atom stereocenters. The molecule has 1 aliphatic heterocycles. The number of aryl methyl sites for hydroxylation is 1. The summed E-state index contributed by atoms with van der Waals surface area (Å²) in [5, 5.41) is 0. The van der Waals surface area contributed by atoms with Gasteiger partial charge in [-0.15, -0.1) is 0 Å². The molecule has 2 heteroatoms. The molecule has 1 heterocycles. The van der Waals surface area contributed by atoms with Gasteiger partial charge in [0.25, 0.3) is 0 Å². The van der Waals surface area contributed by atoms with Gasteiger partial charge in [-0.25, -0.2) is 0 Å². The Kier molecular flexibility index (Phi) is 3.95. The Morgan fingerprint density at radius 2 is 2.06 bits per heavy atom. The molecule has 0 saturated carbocycles. The lowest BCUT2D eigenvalue weighted by molar-refractivity contribution is -0.123. The SMILES string of the molecule is Cc1cccc(CC(=O)C2CCN(C)CC2)c1. The second-order valence-electron chi connectivity index (χ2n) is 5.21. The summed E-state index contributed by atoms with van der Waals surface area (Å²) in [6.45, 7) is 4.19. The predicted molar refractivity (Wildman–Crippen MR) is 70.1 cm³/mol. The molecule has 1 aliphatic rings.